The average molecular weight is 528 g/mol. The molecular formula is C25H20BrClN2O4. The fourth-order valence-corrected chi connectivity index (χ4v) is 3.71. The van der Waals surface area contributed by atoms with Gasteiger partial charge in [-0.3, -0.25) is 4.79 Å². The van der Waals surface area contributed by atoms with Gasteiger partial charge in [0.25, 0.3) is 0 Å². The van der Waals surface area contributed by atoms with Gasteiger partial charge in [-0.1, -0.05) is 41.9 Å². The molecular weight excluding hydrogens is 508 g/mol. The molecule has 0 saturated heterocycles. The number of hydrogen-bond acceptors (Lipinski definition) is 5. The fourth-order valence-electron chi connectivity index (χ4n) is 3.11. The number of ether oxygens (including phenoxy) is 2. The number of carbonyl (C=O) groups excluding carboxylic acids is 1. The van der Waals surface area contributed by atoms with Crippen LogP contribution in [0.3, 0.4) is 0 Å². The van der Waals surface area contributed by atoms with Crippen molar-refractivity contribution in [2.75, 3.05) is 6.61 Å². The van der Waals surface area contributed by atoms with Crippen LogP contribution in [0.5, 0.6) is 11.5 Å². The summed E-state index contributed by atoms with van der Waals surface area (Å²) in [6.45, 7) is 2.80. The van der Waals surface area contributed by atoms with Crippen molar-refractivity contribution in [3.63, 3.8) is 0 Å². The molecule has 0 atom stereocenters. The Hall–Kier alpha value is -3.29. The number of fused-ring (bicyclic) bond motifs is 1. The van der Waals surface area contributed by atoms with Crippen LogP contribution in [0.15, 0.2) is 80.7 Å². The third-order valence-corrected chi connectivity index (χ3v) is 5.59. The Morgan fingerprint density at radius 1 is 1.09 bits per heavy atom. The monoisotopic (exact) mass is 526 g/mol. The lowest BCUT2D eigenvalue weighted by molar-refractivity contribution is 0.0929. The highest BCUT2D eigenvalue weighted by atomic mass is 79.9. The molecule has 33 heavy (non-hydrogen) atoms. The van der Waals surface area contributed by atoms with Gasteiger partial charge in [-0.05, 0) is 64.8 Å². The Kier molecular flexibility index (Phi) is 7.32. The number of hydrazone groups is 1. The first-order chi connectivity index (χ1) is 16.0. The first-order valence-corrected chi connectivity index (χ1v) is 11.4. The second-order valence-electron chi connectivity index (χ2n) is 7.02. The van der Waals surface area contributed by atoms with E-state index < -0.39 is 5.91 Å². The predicted octanol–water partition coefficient (Wildman–Crippen LogP) is 6.59. The van der Waals surface area contributed by atoms with E-state index in [2.05, 4.69) is 26.5 Å². The number of benzene rings is 3. The molecule has 1 heterocycles. The molecule has 3 aromatic carbocycles. The average Bonchev–Trinajstić information content (AvgIpc) is 3.24. The summed E-state index contributed by atoms with van der Waals surface area (Å²) in [5.41, 5.74) is 4.81. The van der Waals surface area contributed by atoms with Crippen LogP contribution in [0.2, 0.25) is 5.02 Å². The van der Waals surface area contributed by atoms with Gasteiger partial charge in [0.15, 0.2) is 17.3 Å². The molecule has 4 aromatic rings. The zero-order chi connectivity index (χ0) is 23.2. The molecule has 0 aliphatic rings. The number of rotatable bonds is 8. The van der Waals surface area contributed by atoms with E-state index in [1.165, 1.54) is 6.21 Å². The van der Waals surface area contributed by atoms with Crippen LogP contribution in [0.1, 0.15) is 28.6 Å². The first-order valence-electron chi connectivity index (χ1n) is 10.2. The van der Waals surface area contributed by atoms with Crippen molar-refractivity contribution in [2.45, 2.75) is 13.5 Å². The van der Waals surface area contributed by atoms with Crippen molar-refractivity contribution in [3.8, 4) is 11.5 Å². The van der Waals surface area contributed by atoms with Gasteiger partial charge in [0.1, 0.15) is 12.2 Å². The summed E-state index contributed by atoms with van der Waals surface area (Å²) in [7, 11) is 0. The predicted molar refractivity (Wildman–Crippen MR) is 132 cm³/mol. The minimum absolute atomic E-state index is 0.142. The second-order valence-corrected chi connectivity index (χ2v) is 8.31. The number of carbonyl (C=O) groups is 1. The van der Waals surface area contributed by atoms with E-state index in [1.54, 1.807) is 30.3 Å². The third kappa shape index (κ3) is 5.74. The number of nitrogens with zero attached hydrogens (tertiary/aromatic N) is 1. The highest BCUT2D eigenvalue weighted by molar-refractivity contribution is 9.10. The van der Waals surface area contributed by atoms with E-state index in [4.69, 9.17) is 25.5 Å². The third-order valence-electron chi connectivity index (χ3n) is 4.67. The molecule has 1 N–H and O–H groups in total. The van der Waals surface area contributed by atoms with Crippen molar-refractivity contribution >= 4 is 50.6 Å². The molecule has 6 nitrogen and oxygen atoms in total. The highest BCUT2D eigenvalue weighted by Crippen LogP contribution is 2.34. The first kappa shape index (κ1) is 22.9. The Morgan fingerprint density at radius 3 is 2.67 bits per heavy atom. The Bertz CT molecular complexity index is 1300. The van der Waals surface area contributed by atoms with Crippen LogP contribution in [-0.2, 0) is 6.61 Å². The van der Waals surface area contributed by atoms with Gasteiger partial charge in [-0.15, -0.1) is 0 Å². The molecule has 0 aliphatic carbocycles. The molecule has 168 valence electrons. The molecule has 0 bridgehead atoms. The topological polar surface area (TPSA) is 73.1 Å². The standard InChI is InChI=1S/C25H20BrClN2O4/c1-2-31-22-12-18(20(26)13-23(22)32-15-16-6-4-3-5-7-16)14-28-29-25(30)24-11-17-10-19(27)8-9-21(17)33-24/h3-14H,2,15H2,1H3,(H,29,30)/b28-14+. The lowest BCUT2D eigenvalue weighted by Crippen LogP contribution is -2.16. The zero-order valence-electron chi connectivity index (χ0n) is 17.7. The summed E-state index contributed by atoms with van der Waals surface area (Å²) in [5, 5.41) is 5.37. The minimum atomic E-state index is -0.470. The summed E-state index contributed by atoms with van der Waals surface area (Å²) >= 11 is 9.51. The lowest BCUT2D eigenvalue weighted by atomic mass is 10.2. The maximum Gasteiger partial charge on any atom is 0.307 e. The van der Waals surface area contributed by atoms with Crippen molar-refractivity contribution in [1.82, 2.24) is 5.43 Å². The zero-order valence-corrected chi connectivity index (χ0v) is 20.0. The van der Waals surface area contributed by atoms with Crippen LogP contribution < -0.4 is 14.9 Å². The summed E-state index contributed by atoms with van der Waals surface area (Å²) in [5.74, 6) is 0.860. The van der Waals surface area contributed by atoms with E-state index in [9.17, 15) is 4.79 Å². The number of nitrogens with one attached hydrogen (secondary N) is 1. The van der Waals surface area contributed by atoms with Gasteiger partial charge in [-0.25, -0.2) is 5.43 Å². The van der Waals surface area contributed by atoms with E-state index in [1.807, 2.05) is 43.3 Å². The van der Waals surface area contributed by atoms with Crippen molar-refractivity contribution < 1.29 is 18.7 Å². The van der Waals surface area contributed by atoms with Crippen molar-refractivity contribution in [2.24, 2.45) is 5.10 Å². The van der Waals surface area contributed by atoms with Crippen LogP contribution in [0.4, 0.5) is 0 Å². The van der Waals surface area contributed by atoms with Gasteiger partial charge < -0.3 is 13.9 Å². The van der Waals surface area contributed by atoms with Gasteiger partial charge in [-0.2, -0.15) is 5.10 Å². The summed E-state index contributed by atoms with van der Waals surface area (Å²) in [6, 6.07) is 20.3. The van der Waals surface area contributed by atoms with Gasteiger partial charge in [0, 0.05) is 20.4 Å². The van der Waals surface area contributed by atoms with E-state index in [0.29, 0.717) is 40.9 Å². The maximum atomic E-state index is 12.4. The SMILES string of the molecule is CCOc1cc(/C=N/NC(=O)c2cc3cc(Cl)ccc3o2)c(Br)cc1OCc1ccccc1. The van der Waals surface area contributed by atoms with Crippen LogP contribution in [0.25, 0.3) is 11.0 Å². The van der Waals surface area contributed by atoms with Crippen LogP contribution in [0, 0.1) is 0 Å². The summed E-state index contributed by atoms with van der Waals surface area (Å²) in [6.07, 6.45) is 1.52. The number of amides is 1. The van der Waals surface area contributed by atoms with E-state index in [0.717, 1.165) is 15.4 Å². The minimum Gasteiger partial charge on any atom is -0.490 e. The number of hydrogen-bond donors (Lipinski definition) is 1. The summed E-state index contributed by atoms with van der Waals surface area (Å²) in [4.78, 5) is 12.4. The molecule has 0 saturated carbocycles. The summed E-state index contributed by atoms with van der Waals surface area (Å²) < 4.78 is 18.0. The second kappa shape index (κ2) is 10.6. The molecule has 4 rings (SSSR count). The molecule has 0 fully saturated rings. The van der Waals surface area contributed by atoms with Crippen LogP contribution >= 0.6 is 27.5 Å². The van der Waals surface area contributed by atoms with Crippen molar-refractivity contribution in [1.29, 1.82) is 0 Å². The lowest BCUT2D eigenvalue weighted by Gasteiger charge is -2.14. The van der Waals surface area contributed by atoms with Crippen LogP contribution in [-0.4, -0.2) is 18.7 Å². The molecule has 0 unspecified atom stereocenters. The van der Waals surface area contributed by atoms with E-state index in [-0.39, 0.29) is 5.76 Å². The van der Waals surface area contributed by atoms with E-state index >= 15 is 0 Å². The van der Waals surface area contributed by atoms with Gasteiger partial charge >= 0.3 is 5.91 Å². The molecule has 0 radical (unpaired) electrons. The molecule has 0 spiro atoms. The smallest absolute Gasteiger partial charge is 0.307 e. The largest absolute Gasteiger partial charge is 0.490 e. The number of furan rings is 1. The Balaban J connectivity index is 1.46. The molecule has 8 heteroatoms. The Labute approximate surface area is 204 Å². The maximum absolute atomic E-state index is 12.4. The normalized spacial score (nSPS) is 11.1. The molecule has 1 amide bonds. The van der Waals surface area contributed by atoms with Gasteiger partial charge in [0.05, 0.1) is 12.8 Å². The highest BCUT2D eigenvalue weighted by Gasteiger charge is 2.13. The van der Waals surface area contributed by atoms with Gasteiger partial charge in [0.2, 0.25) is 0 Å². The Morgan fingerprint density at radius 2 is 1.88 bits per heavy atom. The van der Waals surface area contributed by atoms with Crippen molar-refractivity contribution in [3.05, 3.63) is 93.1 Å². The fraction of sp³-hybridized carbons (Fsp3) is 0.120. The molecule has 1 aromatic heterocycles. The quantitative estimate of drug-likeness (QED) is 0.207. The number of halogens is 2. The molecule has 0 aliphatic heterocycles.